The monoisotopic (exact) mass is 417 g/mol. The fourth-order valence-corrected chi connectivity index (χ4v) is 2.77. The van der Waals surface area contributed by atoms with Gasteiger partial charge in [-0.15, -0.1) is 0 Å². The number of amides is 1. The molecule has 0 heterocycles. The maximum Gasteiger partial charge on any atom is 0.306 e. The van der Waals surface area contributed by atoms with Gasteiger partial charge in [-0.25, -0.2) is 0 Å². The highest BCUT2D eigenvalue weighted by molar-refractivity contribution is 5.83. The number of ether oxygens (including phenoxy) is 4. The van der Waals surface area contributed by atoms with Crippen molar-refractivity contribution in [3.63, 3.8) is 0 Å². The minimum absolute atomic E-state index is 0.00581. The van der Waals surface area contributed by atoms with Gasteiger partial charge in [-0.1, -0.05) is 12.1 Å². The predicted octanol–water partition coefficient (Wildman–Crippen LogP) is 2.60. The van der Waals surface area contributed by atoms with Gasteiger partial charge < -0.3 is 29.4 Å². The molecule has 2 N–H and O–H groups in total. The molecule has 0 radical (unpaired) electrons. The number of nitrogens with one attached hydrogen (secondary N) is 1. The molecule has 30 heavy (non-hydrogen) atoms. The van der Waals surface area contributed by atoms with Gasteiger partial charge in [0, 0.05) is 13.0 Å². The normalized spacial score (nSPS) is 11.3. The van der Waals surface area contributed by atoms with Crippen LogP contribution in [0.5, 0.6) is 23.0 Å². The first-order valence-electron chi connectivity index (χ1n) is 9.42. The summed E-state index contributed by atoms with van der Waals surface area (Å²) in [6.07, 6.45) is -0.475. The van der Waals surface area contributed by atoms with Gasteiger partial charge in [0.1, 0.15) is 0 Å². The van der Waals surface area contributed by atoms with Crippen molar-refractivity contribution in [3.05, 3.63) is 47.5 Å². The van der Waals surface area contributed by atoms with Gasteiger partial charge in [-0.05, 0) is 48.7 Å². The zero-order valence-corrected chi connectivity index (χ0v) is 17.6. The number of carbonyl (C=O) groups excluding carboxylic acids is 2. The third kappa shape index (κ3) is 6.30. The summed E-state index contributed by atoms with van der Waals surface area (Å²) < 4.78 is 20.6. The summed E-state index contributed by atoms with van der Waals surface area (Å²) in [6.45, 7) is 1.77. The van der Waals surface area contributed by atoms with Crippen molar-refractivity contribution in [3.8, 4) is 23.0 Å². The van der Waals surface area contributed by atoms with Crippen LogP contribution in [0.2, 0.25) is 0 Å². The van der Waals surface area contributed by atoms with Crippen molar-refractivity contribution in [1.29, 1.82) is 0 Å². The molecule has 8 nitrogen and oxygen atoms in total. The largest absolute Gasteiger partial charge is 0.504 e. The van der Waals surface area contributed by atoms with Crippen molar-refractivity contribution in [2.45, 2.75) is 32.4 Å². The zero-order chi connectivity index (χ0) is 22.1. The highest BCUT2D eigenvalue weighted by Gasteiger charge is 2.18. The van der Waals surface area contributed by atoms with Gasteiger partial charge in [-0.2, -0.15) is 0 Å². The molecule has 0 spiro atoms. The molecule has 0 saturated carbocycles. The van der Waals surface area contributed by atoms with E-state index in [-0.39, 0.29) is 18.7 Å². The van der Waals surface area contributed by atoms with Crippen LogP contribution in [0, 0.1) is 0 Å². The Morgan fingerprint density at radius 2 is 1.57 bits per heavy atom. The summed E-state index contributed by atoms with van der Waals surface area (Å²) in [5.74, 6) is 0.625. The van der Waals surface area contributed by atoms with Gasteiger partial charge in [0.05, 0.1) is 21.3 Å². The first-order chi connectivity index (χ1) is 14.4. The molecule has 1 atom stereocenters. The molecule has 0 fully saturated rings. The number of esters is 1. The first kappa shape index (κ1) is 22.9. The number of phenols is 1. The number of hydrogen-bond acceptors (Lipinski definition) is 7. The van der Waals surface area contributed by atoms with E-state index in [1.165, 1.54) is 27.2 Å². The van der Waals surface area contributed by atoms with E-state index in [0.717, 1.165) is 11.1 Å². The third-order valence-electron chi connectivity index (χ3n) is 4.45. The molecule has 0 aliphatic heterocycles. The van der Waals surface area contributed by atoms with Crippen LogP contribution in [-0.2, 0) is 27.3 Å². The van der Waals surface area contributed by atoms with Crippen molar-refractivity contribution in [2.24, 2.45) is 0 Å². The molecule has 162 valence electrons. The molecule has 2 rings (SSSR count). The maximum atomic E-state index is 12.2. The molecule has 0 saturated heterocycles. The van der Waals surface area contributed by atoms with Crippen LogP contribution >= 0.6 is 0 Å². The zero-order valence-electron chi connectivity index (χ0n) is 17.6. The lowest BCUT2D eigenvalue weighted by Gasteiger charge is -2.14. The van der Waals surface area contributed by atoms with E-state index < -0.39 is 18.0 Å². The van der Waals surface area contributed by atoms with Crippen LogP contribution in [0.15, 0.2) is 36.4 Å². The molecular weight excluding hydrogens is 390 g/mol. The van der Waals surface area contributed by atoms with E-state index in [4.69, 9.17) is 18.9 Å². The van der Waals surface area contributed by atoms with Crippen LogP contribution in [0.3, 0.4) is 0 Å². The van der Waals surface area contributed by atoms with Crippen LogP contribution in [0.25, 0.3) is 0 Å². The number of aromatic hydroxyl groups is 1. The third-order valence-corrected chi connectivity index (χ3v) is 4.45. The van der Waals surface area contributed by atoms with Gasteiger partial charge in [-0.3, -0.25) is 9.59 Å². The van der Waals surface area contributed by atoms with Gasteiger partial charge in [0.15, 0.2) is 29.1 Å². The Bertz CT molecular complexity index is 882. The molecule has 1 amide bonds. The second-order valence-electron chi connectivity index (χ2n) is 6.55. The van der Waals surface area contributed by atoms with Crippen LogP contribution in [0.1, 0.15) is 24.5 Å². The van der Waals surface area contributed by atoms with Crippen molar-refractivity contribution in [1.82, 2.24) is 5.32 Å². The minimum atomic E-state index is -0.929. The average Bonchev–Trinajstić information content (AvgIpc) is 2.75. The molecular formula is C22H27NO7. The number of carbonyl (C=O) groups is 2. The summed E-state index contributed by atoms with van der Waals surface area (Å²) in [5, 5.41) is 12.5. The second kappa shape index (κ2) is 10.9. The lowest BCUT2D eigenvalue weighted by Crippen LogP contribution is -2.35. The number of phenolic OH excluding ortho intramolecular Hbond substituents is 1. The number of rotatable bonds is 10. The maximum absolute atomic E-state index is 12.2. The van der Waals surface area contributed by atoms with E-state index in [2.05, 4.69) is 5.32 Å². The van der Waals surface area contributed by atoms with Crippen LogP contribution in [0.4, 0.5) is 0 Å². The van der Waals surface area contributed by atoms with E-state index in [0.29, 0.717) is 23.7 Å². The standard InChI is InChI=1S/C22H27NO7/c1-14(22(26)23-13-16-6-9-19(28-3)20(12-16)29-4)30-21(25)10-7-15-5-8-18(27-2)17(24)11-15/h5-6,8-9,11-12,14,24H,7,10,13H2,1-4H3,(H,23,26). The Morgan fingerprint density at radius 3 is 2.20 bits per heavy atom. The number of benzene rings is 2. The summed E-state index contributed by atoms with van der Waals surface area (Å²) in [4.78, 5) is 24.3. The van der Waals surface area contributed by atoms with E-state index in [1.54, 1.807) is 31.4 Å². The predicted molar refractivity (Wildman–Crippen MR) is 110 cm³/mol. The number of methoxy groups -OCH3 is 3. The molecule has 0 aromatic heterocycles. The summed E-state index contributed by atoms with van der Waals surface area (Å²) in [6, 6.07) is 10.2. The van der Waals surface area contributed by atoms with Crippen molar-refractivity contribution < 1.29 is 33.6 Å². The number of hydrogen-bond donors (Lipinski definition) is 2. The highest BCUT2D eigenvalue weighted by Crippen LogP contribution is 2.28. The van der Waals surface area contributed by atoms with E-state index in [1.807, 2.05) is 6.07 Å². The van der Waals surface area contributed by atoms with Gasteiger partial charge in [0.25, 0.3) is 5.91 Å². The summed E-state index contributed by atoms with van der Waals surface area (Å²) in [7, 11) is 4.55. The van der Waals surface area contributed by atoms with Gasteiger partial charge >= 0.3 is 5.97 Å². The molecule has 0 aliphatic carbocycles. The Morgan fingerprint density at radius 1 is 0.933 bits per heavy atom. The minimum Gasteiger partial charge on any atom is -0.504 e. The lowest BCUT2D eigenvalue weighted by atomic mass is 10.1. The molecule has 1 unspecified atom stereocenters. The van der Waals surface area contributed by atoms with Gasteiger partial charge in [0.2, 0.25) is 0 Å². The molecule has 0 bridgehead atoms. The Balaban J connectivity index is 1.80. The first-order valence-corrected chi connectivity index (χ1v) is 9.42. The van der Waals surface area contributed by atoms with Crippen molar-refractivity contribution >= 4 is 11.9 Å². The lowest BCUT2D eigenvalue weighted by molar-refractivity contribution is -0.154. The quantitative estimate of drug-likeness (QED) is 0.573. The smallest absolute Gasteiger partial charge is 0.306 e. The summed E-state index contributed by atoms with van der Waals surface area (Å²) in [5.41, 5.74) is 1.58. The van der Waals surface area contributed by atoms with Crippen molar-refractivity contribution in [2.75, 3.05) is 21.3 Å². The average molecular weight is 417 g/mol. The van der Waals surface area contributed by atoms with E-state index in [9.17, 15) is 14.7 Å². The fourth-order valence-electron chi connectivity index (χ4n) is 2.77. The fraction of sp³-hybridized carbons (Fsp3) is 0.364. The highest BCUT2D eigenvalue weighted by atomic mass is 16.5. The Labute approximate surface area is 175 Å². The second-order valence-corrected chi connectivity index (χ2v) is 6.55. The Hall–Kier alpha value is -3.42. The van der Waals surface area contributed by atoms with E-state index >= 15 is 0 Å². The van der Waals surface area contributed by atoms with Crippen LogP contribution in [-0.4, -0.2) is 44.4 Å². The Kier molecular flexibility index (Phi) is 8.34. The van der Waals surface area contributed by atoms with Crippen LogP contribution < -0.4 is 19.5 Å². The molecule has 2 aromatic carbocycles. The topological polar surface area (TPSA) is 103 Å². The SMILES string of the molecule is COc1ccc(CCC(=O)OC(C)C(=O)NCc2ccc(OC)c(OC)c2)cc1O. The molecule has 2 aromatic rings. The molecule has 8 heteroatoms. The number of aryl methyl sites for hydroxylation is 1. The molecule has 0 aliphatic rings. The summed E-state index contributed by atoms with van der Waals surface area (Å²) >= 11 is 0.